The van der Waals surface area contributed by atoms with Gasteiger partial charge in [0.05, 0.1) is 10.5 Å². The van der Waals surface area contributed by atoms with E-state index < -0.39 is 16.0 Å². The number of sulfonamides is 1. The summed E-state index contributed by atoms with van der Waals surface area (Å²) >= 11 is 0. The Morgan fingerprint density at radius 2 is 1.81 bits per heavy atom. The third-order valence-corrected chi connectivity index (χ3v) is 5.71. The van der Waals surface area contributed by atoms with Crippen molar-refractivity contribution >= 4 is 16.0 Å². The molecule has 0 aromatic heterocycles. The minimum absolute atomic E-state index is 0.00419. The van der Waals surface area contributed by atoms with E-state index in [1.807, 2.05) is 25.2 Å². The lowest BCUT2D eigenvalue weighted by Gasteiger charge is -2.17. The van der Waals surface area contributed by atoms with Crippen molar-refractivity contribution in [2.24, 2.45) is 0 Å². The normalized spacial score (nSPS) is 11.7. The number of nitrogens with one attached hydrogen (secondary N) is 1. The molecule has 0 aliphatic carbocycles. The van der Waals surface area contributed by atoms with Crippen LogP contribution in [-0.4, -0.2) is 44.5 Å². The average molecular weight is 376 g/mol. The van der Waals surface area contributed by atoms with Gasteiger partial charge < -0.3 is 10.0 Å². The van der Waals surface area contributed by atoms with Gasteiger partial charge in [-0.05, 0) is 50.2 Å². The zero-order valence-electron chi connectivity index (χ0n) is 15.0. The SMILES string of the molecule is Cc1c(C(=O)O)cccc1S(=O)(=O)NCCCN(C)Cc1ccccc1. The minimum atomic E-state index is -3.74. The molecule has 0 unspecified atom stereocenters. The van der Waals surface area contributed by atoms with E-state index >= 15 is 0 Å². The van der Waals surface area contributed by atoms with E-state index in [2.05, 4.69) is 21.8 Å². The zero-order chi connectivity index (χ0) is 19.2. The van der Waals surface area contributed by atoms with Crippen LogP contribution in [0.1, 0.15) is 27.9 Å². The summed E-state index contributed by atoms with van der Waals surface area (Å²) < 4.78 is 27.4. The van der Waals surface area contributed by atoms with E-state index in [0.29, 0.717) is 6.42 Å². The standard InChI is InChI=1S/C19H24N2O4S/c1-15-17(19(22)23)10-6-11-18(15)26(24,25)20-12-7-13-21(2)14-16-8-4-3-5-9-16/h3-6,8-11,20H,7,12-14H2,1-2H3,(H,22,23). The Bertz CT molecular complexity index is 851. The van der Waals surface area contributed by atoms with Crippen LogP contribution in [0.4, 0.5) is 0 Å². The number of nitrogens with zero attached hydrogens (tertiary/aromatic N) is 1. The predicted molar refractivity (Wildman–Crippen MR) is 101 cm³/mol. The number of carboxylic acids is 1. The van der Waals surface area contributed by atoms with Crippen LogP contribution in [0, 0.1) is 6.92 Å². The second-order valence-corrected chi connectivity index (χ2v) is 7.94. The lowest BCUT2D eigenvalue weighted by atomic mass is 10.1. The molecule has 0 heterocycles. The summed E-state index contributed by atoms with van der Waals surface area (Å²) in [6, 6.07) is 14.3. The molecule has 2 aromatic rings. The van der Waals surface area contributed by atoms with Gasteiger partial charge in [-0.2, -0.15) is 0 Å². The highest BCUT2D eigenvalue weighted by atomic mass is 32.2. The van der Waals surface area contributed by atoms with Crippen LogP contribution in [0.5, 0.6) is 0 Å². The molecule has 0 saturated heterocycles. The van der Waals surface area contributed by atoms with Crippen LogP contribution in [0.3, 0.4) is 0 Å². The monoisotopic (exact) mass is 376 g/mol. The van der Waals surface area contributed by atoms with Crippen LogP contribution in [0.15, 0.2) is 53.4 Å². The number of aromatic carboxylic acids is 1. The highest BCUT2D eigenvalue weighted by Crippen LogP contribution is 2.18. The molecule has 0 aliphatic rings. The Labute approximate surface area is 154 Å². The van der Waals surface area contributed by atoms with Gasteiger partial charge in [-0.3, -0.25) is 0 Å². The predicted octanol–water partition coefficient (Wildman–Crippen LogP) is 2.49. The molecule has 0 aliphatic heterocycles. The van der Waals surface area contributed by atoms with Crippen LogP contribution in [0.2, 0.25) is 0 Å². The third kappa shape index (κ3) is 5.39. The number of hydrogen-bond donors (Lipinski definition) is 2. The Morgan fingerprint density at radius 1 is 1.12 bits per heavy atom. The summed E-state index contributed by atoms with van der Waals surface area (Å²) in [6.45, 7) is 3.34. The van der Waals surface area contributed by atoms with Crippen LogP contribution >= 0.6 is 0 Å². The number of carbonyl (C=O) groups is 1. The molecule has 0 atom stereocenters. The van der Waals surface area contributed by atoms with Gasteiger partial charge >= 0.3 is 5.97 Å². The zero-order valence-corrected chi connectivity index (χ0v) is 15.8. The molecule has 0 amide bonds. The van der Waals surface area contributed by atoms with E-state index in [4.69, 9.17) is 5.11 Å². The molecule has 0 radical (unpaired) electrons. The molecular weight excluding hydrogens is 352 g/mol. The summed E-state index contributed by atoms with van der Waals surface area (Å²) in [5.41, 5.74) is 1.45. The molecule has 2 N–H and O–H groups in total. The number of benzene rings is 2. The van der Waals surface area contributed by atoms with E-state index in [1.165, 1.54) is 30.7 Å². The molecule has 0 spiro atoms. The fourth-order valence-electron chi connectivity index (χ4n) is 2.74. The van der Waals surface area contributed by atoms with Gasteiger partial charge in [-0.25, -0.2) is 17.9 Å². The van der Waals surface area contributed by atoms with E-state index in [9.17, 15) is 13.2 Å². The first-order chi connectivity index (χ1) is 12.3. The minimum Gasteiger partial charge on any atom is -0.478 e. The lowest BCUT2D eigenvalue weighted by molar-refractivity contribution is 0.0696. The molecule has 7 heteroatoms. The van der Waals surface area contributed by atoms with Gasteiger partial charge in [0.15, 0.2) is 0 Å². The summed E-state index contributed by atoms with van der Waals surface area (Å²) in [7, 11) is -1.75. The number of carboxylic acid groups (broad SMARTS) is 1. The molecule has 2 aromatic carbocycles. The largest absolute Gasteiger partial charge is 0.478 e. The highest BCUT2D eigenvalue weighted by molar-refractivity contribution is 7.89. The average Bonchev–Trinajstić information content (AvgIpc) is 2.59. The van der Waals surface area contributed by atoms with Gasteiger partial charge in [0.1, 0.15) is 0 Å². The molecule has 26 heavy (non-hydrogen) atoms. The quantitative estimate of drug-likeness (QED) is 0.657. The topological polar surface area (TPSA) is 86.7 Å². The van der Waals surface area contributed by atoms with Crippen molar-refractivity contribution in [3.8, 4) is 0 Å². The van der Waals surface area contributed by atoms with Crippen molar-refractivity contribution in [1.82, 2.24) is 9.62 Å². The molecule has 0 saturated carbocycles. The smallest absolute Gasteiger partial charge is 0.335 e. The second kappa shape index (κ2) is 8.93. The third-order valence-electron chi connectivity index (χ3n) is 4.11. The van der Waals surface area contributed by atoms with E-state index in [0.717, 1.165) is 13.1 Å². The fourth-order valence-corrected chi connectivity index (χ4v) is 4.08. The van der Waals surface area contributed by atoms with E-state index in [-0.39, 0.29) is 22.6 Å². The molecule has 0 fully saturated rings. The Hall–Kier alpha value is -2.22. The summed E-state index contributed by atoms with van der Waals surface area (Å²) in [5.74, 6) is -1.14. The highest BCUT2D eigenvalue weighted by Gasteiger charge is 2.20. The summed E-state index contributed by atoms with van der Waals surface area (Å²) in [5, 5.41) is 9.13. The first-order valence-corrected chi connectivity index (χ1v) is 9.84. The Balaban J connectivity index is 1.89. The summed E-state index contributed by atoms with van der Waals surface area (Å²) in [6.07, 6.45) is 0.653. The van der Waals surface area contributed by atoms with Gasteiger partial charge in [0.2, 0.25) is 10.0 Å². The Morgan fingerprint density at radius 3 is 2.46 bits per heavy atom. The molecule has 6 nitrogen and oxygen atoms in total. The van der Waals surface area contributed by atoms with Crippen molar-refractivity contribution in [2.45, 2.75) is 24.8 Å². The van der Waals surface area contributed by atoms with Crippen molar-refractivity contribution in [3.63, 3.8) is 0 Å². The van der Waals surface area contributed by atoms with Crippen molar-refractivity contribution in [3.05, 3.63) is 65.2 Å². The molecular formula is C19H24N2O4S. The van der Waals surface area contributed by atoms with Crippen LogP contribution < -0.4 is 4.72 Å². The van der Waals surface area contributed by atoms with Crippen molar-refractivity contribution in [2.75, 3.05) is 20.1 Å². The number of hydrogen-bond acceptors (Lipinski definition) is 4. The molecule has 0 bridgehead atoms. The second-order valence-electron chi connectivity index (χ2n) is 6.21. The maximum Gasteiger partial charge on any atom is 0.335 e. The van der Waals surface area contributed by atoms with Crippen LogP contribution in [-0.2, 0) is 16.6 Å². The van der Waals surface area contributed by atoms with Crippen LogP contribution in [0.25, 0.3) is 0 Å². The van der Waals surface area contributed by atoms with Crippen molar-refractivity contribution < 1.29 is 18.3 Å². The maximum atomic E-state index is 12.4. The Kier molecular flexibility index (Phi) is 6.90. The van der Waals surface area contributed by atoms with Crippen molar-refractivity contribution in [1.29, 1.82) is 0 Å². The van der Waals surface area contributed by atoms with Gasteiger partial charge in [0.25, 0.3) is 0 Å². The van der Waals surface area contributed by atoms with Gasteiger partial charge in [0, 0.05) is 13.1 Å². The molecule has 2 rings (SSSR count). The fraction of sp³-hybridized carbons (Fsp3) is 0.316. The number of rotatable bonds is 9. The first kappa shape index (κ1) is 20.1. The van der Waals surface area contributed by atoms with E-state index in [1.54, 1.807) is 0 Å². The first-order valence-electron chi connectivity index (χ1n) is 8.36. The maximum absolute atomic E-state index is 12.4. The van der Waals surface area contributed by atoms with Gasteiger partial charge in [-0.15, -0.1) is 0 Å². The van der Waals surface area contributed by atoms with Gasteiger partial charge in [-0.1, -0.05) is 36.4 Å². The molecule has 140 valence electrons. The summed E-state index contributed by atoms with van der Waals surface area (Å²) in [4.78, 5) is 13.3. The lowest BCUT2D eigenvalue weighted by Crippen LogP contribution is -2.29.